The van der Waals surface area contributed by atoms with Crippen LogP contribution in [0.5, 0.6) is 0 Å². The van der Waals surface area contributed by atoms with Gasteiger partial charge in [0.1, 0.15) is 46.1 Å². The van der Waals surface area contributed by atoms with Gasteiger partial charge < -0.3 is 28.4 Å². The fourth-order valence-corrected chi connectivity index (χ4v) is 5.26. The molecule has 0 heterocycles. The Labute approximate surface area is 435 Å². The largest absolute Gasteiger partial charge is 0.462 e. The lowest BCUT2D eigenvalue weighted by Gasteiger charge is -2.53. The maximum Gasteiger partial charge on any atom is 0.394 e. The second-order valence-corrected chi connectivity index (χ2v) is 19.3. The molecular weight excluding hydrogens is 1160 g/mol. The van der Waals surface area contributed by atoms with Crippen LogP contribution in [0.3, 0.4) is 0 Å². The molecule has 1 aliphatic carbocycles. The van der Waals surface area contributed by atoms with Gasteiger partial charge in [0.2, 0.25) is 12.1 Å². The van der Waals surface area contributed by atoms with Crippen LogP contribution in [0.2, 0.25) is 0 Å². The van der Waals surface area contributed by atoms with Gasteiger partial charge in [0.15, 0.2) is 0 Å². The zero-order valence-electron chi connectivity index (χ0n) is 43.4. The summed E-state index contributed by atoms with van der Waals surface area (Å²) in [5, 5.41) is 0. The Morgan fingerprint density at radius 3 is 0.899 bits per heavy atom. The van der Waals surface area contributed by atoms with Crippen molar-refractivity contribution in [2.45, 2.75) is 186 Å². The Balaban J connectivity index is 0. The molecule has 1 saturated carbocycles. The van der Waals surface area contributed by atoms with Gasteiger partial charge in [-0.2, -0.15) is 65.9 Å². The maximum atomic E-state index is 14.5. The third-order valence-electron chi connectivity index (χ3n) is 11.5. The number of carbonyl (C=O) groups is 6. The summed E-state index contributed by atoms with van der Waals surface area (Å²) >= 11 is 0. The van der Waals surface area contributed by atoms with Gasteiger partial charge in [0.25, 0.3) is 11.8 Å². The first-order chi connectivity index (χ1) is 34.9. The zero-order chi connectivity index (χ0) is 63.5. The van der Waals surface area contributed by atoms with E-state index in [9.17, 15) is 130 Å². The number of alkyl halides is 23. The molecule has 466 valence electrons. The van der Waals surface area contributed by atoms with Gasteiger partial charge in [-0.05, 0) is 67.7 Å². The lowest BCUT2D eigenvalue weighted by atomic mass is 9.67. The molecule has 0 aromatic heterocycles. The number of carbonyl (C=O) groups excluding carboxylic acids is 6. The van der Waals surface area contributed by atoms with Gasteiger partial charge in [-0.15, -0.1) is 0 Å². The molecule has 1 rings (SSSR count). The molecule has 35 heteroatoms. The highest BCUT2D eigenvalue weighted by Gasteiger charge is 3.01. The van der Waals surface area contributed by atoms with Crippen molar-refractivity contribution in [3.8, 4) is 0 Å². The molecule has 0 saturated heterocycles. The predicted octanol–water partition coefficient (Wildman–Crippen LogP) is 12.4. The van der Waals surface area contributed by atoms with Crippen LogP contribution in [0.1, 0.15) is 114 Å². The molecule has 1 fully saturated rings. The monoisotopic (exact) mass is 1210 g/mol. The zero-order valence-corrected chi connectivity index (χ0v) is 43.4. The van der Waals surface area contributed by atoms with Gasteiger partial charge >= 0.3 is 83.2 Å². The van der Waals surface area contributed by atoms with E-state index in [0.717, 1.165) is 0 Å². The normalized spacial score (nSPS) is 20.3. The quantitative estimate of drug-likeness (QED) is 0.0369. The number of hydrogen-bond donors (Lipinski definition) is 0. The number of hydrogen-bond acceptors (Lipinski definition) is 12. The Kier molecular flexibility index (Phi) is 25.9. The summed E-state index contributed by atoms with van der Waals surface area (Å²) < 4.78 is 328. The molecule has 0 N–H and O–H groups in total. The van der Waals surface area contributed by atoms with E-state index in [2.05, 4.69) is 23.7 Å². The molecule has 0 aromatic carbocycles. The van der Waals surface area contributed by atoms with Gasteiger partial charge in [0.05, 0.1) is 35.5 Å². The molecule has 0 aliphatic heterocycles. The Morgan fingerprint density at radius 1 is 0.392 bits per heavy atom. The highest BCUT2D eigenvalue weighted by Crippen LogP contribution is 2.69. The van der Waals surface area contributed by atoms with E-state index >= 15 is 0 Å². The molecule has 12 nitrogen and oxygen atoms in total. The highest BCUT2D eigenvalue weighted by atomic mass is 19.4. The van der Waals surface area contributed by atoms with Crippen molar-refractivity contribution >= 4 is 35.8 Å². The Hall–Kier alpha value is -4.79. The van der Waals surface area contributed by atoms with Crippen LogP contribution >= 0.6 is 0 Å². The van der Waals surface area contributed by atoms with Crippen LogP contribution in [0.25, 0.3) is 0 Å². The van der Waals surface area contributed by atoms with Crippen LogP contribution in [0.15, 0.2) is 0 Å². The van der Waals surface area contributed by atoms with E-state index in [-0.39, 0.29) is 6.42 Å². The third-order valence-corrected chi connectivity index (χ3v) is 11.5. The van der Waals surface area contributed by atoms with Crippen molar-refractivity contribution in [2.24, 2.45) is 16.2 Å². The number of rotatable bonds is 25. The lowest BCUT2D eigenvalue weighted by Crippen LogP contribution is -2.86. The van der Waals surface area contributed by atoms with E-state index in [0.29, 0.717) is 12.8 Å². The first-order valence-corrected chi connectivity index (χ1v) is 22.7. The smallest absolute Gasteiger partial charge is 0.394 e. The topological polar surface area (TPSA) is 158 Å². The number of ether oxygens (including phenoxy) is 6. The molecule has 0 atom stereocenters. The van der Waals surface area contributed by atoms with Gasteiger partial charge in [-0.3, -0.25) is 14.4 Å². The van der Waals surface area contributed by atoms with Crippen molar-refractivity contribution in [1.29, 1.82) is 0 Å². The number of esters is 6. The third kappa shape index (κ3) is 19.4. The molecule has 1 aliphatic rings. The first kappa shape index (κ1) is 76.3. The summed E-state index contributed by atoms with van der Waals surface area (Å²) in [6, 6.07) is 0. The van der Waals surface area contributed by atoms with Crippen molar-refractivity contribution in [1.82, 2.24) is 0 Å². The van der Waals surface area contributed by atoms with Crippen molar-refractivity contribution in [3.63, 3.8) is 0 Å². The van der Waals surface area contributed by atoms with Crippen LogP contribution < -0.4 is 0 Å². The molecule has 0 amide bonds. The number of halogens is 23. The molecule has 0 bridgehead atoms. The van der Waals surface area contributed by atoms with Gasteiger partial charge in [-0.25, -0.2) is 49.5 Å². The van der Waals surface area contributed by atoms with E-state index < -0.39 is 196 Å². The van der Waals surface area contributed by atoms with Crippen LogP contribution in [0, 0.1) is 16.2 Å². The summed E-state index contributed by atoms with van der Waals surface area (Å²) in [7, 11) is 0. The average Bonchev–Trinajstić information content (AvgIpc) is 3.27. The molecule has 0 aromatic rings. The fourth-order valence-electron chi connectivity index (χ4n) is 5.26. The molecular formula is C44H57F23O12. The summed E-state index contributed by atoms with van der Waals surface area (Å²) in [6.07, 6.45) is -17.7. The maximum absolute atomic E-state index is 14.5. The minimum absolute atomic E-state index is 0.240. The second-order valence-electron chi connectivity index (χ2n) is 19.3. The summed E-state index contributed by atoms with van der Waals surface area (Å²) in [5.74, 6) is -56.5. The van der Waals surface area contributed by atoms with Crippen molar-refractivity contribution < 1.29 is 158 Å². The molecule has 0 radical (unpaired) electrons. The highest BCUT2D eigenvalue weighted by molar-refractivity contribution is 5.84. The second kappa shape index (κ2) is 26.9. The Bertz CT molecular complexity index is 2030. The standard InChI is InChI=1S/C16H18F10O4.C14H19F7O4.C14H20F6O4/c1-5-10(2,3)8(27)29-6-7-30-9(28)12(18)15(23,24)13(19,20)11(4,17)14(21,22)16(12,25)26;1-4-11(2,3)9(22)24-5-6-25-10(23)13(17,18)7-12(15,16)8-14(19,20)21;1-4-12(2,3)10(21)23-5-6-24-11(22)14(19,20)8-13(17,18)7-9(15)16/h5-7H2,1-4H3;4-8H2,1-3H3;9H,4-8H2,1-3H3. The van der Waals surface area contributed by atoms with Crippen LogP contribution in [0.4, 0.5) is 101 Å². The summed E-state index contributed by atoms with van der Waals surface area (Å²) in [6.45, 7) is 7.95. The van der Waals surface area contributed by atoms with Crippen molar-refractivity contribution in [2.75, 3.05) is 39.6 Å². The predicted molar refractivity (Wildman–Crippen MR) is 221 cm³/mol. The molecule has 0 unspecified atom stereocenters. The molecule has 79 heavy (non-hydrogen) atoms. The van der Waals surface area contributed by atoms with E-state index in [1.54, 1.807) is 48.5 Å². The Morgan fingerprint density at radius 2 is 0.646 bits per heavy atom. The van der Waals surface area contributed by atoms with E-state index in [1.165, 1.54) is 13.8 Å². The van der Waals surface area contributed by atoms with Gasteiger partial charge in [0, 0.05) is 0 Å². The van der Waals surface area contributed by atoms with Crippen molar-refractivity contribution in [3.05, 3.63) is 0 Å². The lowest BCUT2D eigenvalue weighted by molar-refractivity contribution is -0.449. The van der Waals surface area contributed by atoms with Crippen LogP contribution in [-0.4, -0.2) is 147 Å². The molecule has 0 spiro atoms. The average molecular weight is 1210 g/mol. The minimum Gasteiger partial charge on any atom is -0.462 e. The minimum atomic E-state index is -6.94. The SMILES string of the molecule is CCC(C)(C)C(=O)OCCOC(=O)C(F)(F)CC(F)(F)CC(F)(F)F.CCC(C)(C)C(=O)OCCOC(=O)C(F)(F)CC(F)(F)CC(F)F.CCC(C)(C)C(=O)OCCOC(=O)C1(F)C(F)(F)C(F)(F)C(C)(F)C(F)(F)C1(F)F. The van der Waals surface area contributed by atoms with E-state index in [4.69, 9.17) is 4.74 Å². The summed E-state index contributed by atoms with van der Waals surface area (Å²) in [4.78, 5) is 68.4. The van der Waals surface area contributed by atoms with Crippen LogP contribution in [-0.2, 0) is 57.2 Å². The van der Waals surface area contributed by atoms with Gasteiger partial charge in [-0.1, -0.05) is 20.8 Å². The summed E-state index contributed by atoms with van der Waals surface area (Å²) in [5.41, 5.74) is -15.3. The fraction of sp³-hybridized carbons (Fsp3) is 0.864. The first-order valence-electron chi connectivity index (χ1n) is 22.7. The van der Waals surface area contributed by atoms with E-state index in [1.807, 2.05) is 0 Å².